The van der Waals surface area contributed by atoms with Crippen LogP contribution in [0.1, 0.15) is 11.1 Å². The van der Waals surface area contributed by atoms with Gasteiger partial charge in [-0.3, -0.25) is 9.48 Å². The van der Waals surface area contributed by atoms with Crippen LogP contribution in [0.4, 0.5) is 0 Å². The monoisotopic (exact) mass is 400 g/mol. The highest BCUT2D eigenvalue weighted by atomic mass is 35.5. The molecule has 2 aromatic heterocycles. The number of para-hydroxylation sites is 2. The van der Waals surface area contributed by atoms with E-state index in [-0.39, 0.29) is 5.56 Å². The summed E-state index contributed by atoms with van der Waals surface area (Å²) < 4.78 is 1.87. The van der Waals surface area contributed by atoms with Crippen LogP contribution in [0.5, 0.6) is 0 Å². The van der Waals surface area contributed by atoms with Crippen molar-refractivity contribution in [3.8, 4) is 11.5 Å². The lowest BCUT2D eigenvalue weighted by molar-refractivity contribution is 0.713. The van der Waals surface area contributed by atoms with Crippen molar-refractivity contribution in [2.75, 3.05) is 0 Å². The predicted molar refractivity (Wildman–Crippen MR) is 116 cm³/mol. The van der Waals surface area contributed by atoms with E-state index in [1.165, 1.54) is 0 Å². The van der Waals surface area contributed by atoms with E-state index in [1.807, 2.05) is 72.3 Å². The third-order valence-corrected chi connectivity index (χ3v) is 5.36. The number of nitrogens with zero attached hydrogens (tertiary/aromatic N) is 3. The van der Waals surface area contributed by atoms with E-state index < -0.39 is 0 Å². The molecule has 0 saturated heterocycles. The SMILES string of the molecule is Cc1cccc2c(=O)[nH]c(-c3nn(Cc4ccccc4)c4c(Cl)cccc34)nc12. The van der Waals surface area contributed by atoms with Crippen molar-refractivity contribution in [3.05, 3.63) is 93.2 Å². The van der Waals surface area contributed by atoms with Gasteiger partial charge in [-0.1, -0.05) is 66.2 Å². The van der Waals surface area contributed by atoms with Crippen molar-refractivity contribution in [2.45, 2.75) is 13.5 Å². The molecule has 0 saturated carbocycles. The van der Waals surface area contributed by atoms with Crippen LogP contribution in [0.25, 0.3) is 33.3 Å². The summed E-state index contributed by atoms with van der Waals surface area (Å²) in [5.41, 5.74) is 3.99. The number of hydrogen-bond donors (Lipinski definition) is 1. The van der Waals surface area contributed by atoms with Crippen LogP contribution in [-0.4, -0.2) is 19.7 Å². The van der Waals surface area contributed by atoms with E-state index in [9.17, 15) is 4.79 Å². The van der Waals surface area contributed by atoms with E-state index in [0.29, 0.717) is 34.0 Å². The first-order valence-electron chi connectivity index (χ1n) is 9.31. The van der Waals surface area contributed by atoms with Gasteiger partial charge in [0.2, 0.25) is 0 Å². The van der Waals surface area contributed by atoms with Gasteiger partial charge in [0.25, 0.3) is 5.56 Å². The van der Waals surface area contributed by atoms with Crippen molar-refractivity contribution < 1.29 is 0 Å². The van der Waals surface area contributed by atoms with E-state index in [1.54, 1.807) is 6.07 Å². The Balaban J connectivity index is 1.76. The fraction of sp³-hybridized carbons (Fsp3) is 0.0870. The average molecular weight is 401 g/mol. The van der Waals surface area contributed by atoms with Gasteiger partial charge < -0.3 is 4.98 Å². The van der Waals surface area contributed by atoms with E-state index in [4.69, 9.17) is 21.7 Å². The number of aromatic nitrogens is 4. The smallest absolute Gasteiger partial charge is 0.259 e. The van der Waals surface area contributed by atoms with Gasteiger partial charge in [0, 0.05) is 5.39 Å². The Morgan fingerprint density at radius 2 is 1.72 bits per heavy atom. The van der Waals surface area contributed by atoms with Gasteiger partial charge in [-0.2, -0.15) is 5.10 Å². The number of aromatic amines is 1. The maximum absolute atomic E-state index is 12.7. The summed E-state index contributed by atoms with van der Waals surface area (Å²) >= 11 is 6.53. The fourth-order valence-electron chi connectivity index (χ4n) is 3.66. The van der Waals surface area contributed by atoms with Crippen LogP contribution in [-0.2, 0) is 6.54 Å². The maximum Gasteiger partial charge on any atom is 0.259 e. The first-order valence-corrected chi connectivity index (χ1v) is 9.68. The fourth-order valence-corrected chi connectivity index (χ4v) is 3.93. The molecule has 0 amide bonds. The van der Waals surface area contributed by atoms with Gasteiger partial charge in [0.05, 0.1) is 28.0 Å². The van der Waals surface area contributed by atoms with Crippen molar-refractivity contribution in [3.63, 3.8) is 0 Å². The topological polar surface area (TPSA) is 63.6 Å². The molecule has 0 spiro atoms. The number of aryl methyl sites for hydroxylation is 1. The second-order valence-corrected chi connectivity index (χ2v) is 7.42. The molecule has 0 aliphatic heterocycles. The van der Waals surface area contributed by atoms with Crippen LogP contribution in [0, 0.1) is 6.92 Å². The second-order valence-electron chi connectivity index (χ2n) is 7.01. The summed E-state index contributed by atoms with van der Waals surface area (Å²) in [7, 11) is 0. The minimum absolute atomic E-state index is 0.179. The Kier molecular flexibility index (Phi) is 4.18. The molecule has 3 aromatic carbocycles. The Labute approximate surface area is 171 Å². The molecule has 5 rings (SSSR count). The maximum atomic E-state index is 12.7. The van der Waals surface area contributed by atoms with Gasteiger partial charge in [-0.25, -0.2) is 4.98 Å². The molecule has 0 atom stereocenters. The minimum Gasteiger partial charge on any atom is -0.305 e. The number of nitrogens with one attached hydrogen (secondary N) is 1. The third-order valence-electron chi connectivity index (χ3n) is 5.06. The zero-order chi connectivity index (χ0) is 20.0. The van der Waals surface area contributed by atoms with Crippen LogP contribution in [0.15, 0.2) is 71.5 Å². The zero-order valence-corrected chi connectivity index (χ0v) is 16.4. The lowest BCUT2D eigenvalue weighted by Crippen LogP contribution is -2.10. The van der Waals surface area contributed by atoms with Crippen molar-refractivity contribution in [2.24, 2.45) is 0 Å². The predicted octanol–water partition coefficient (Wildman–Crippen LogP) is 4.95. The summed E-state index contributed by atoms with van der Waals surface area (Å²) in [5, 5.41) is 6.82. The van der Waals surface area contributed by atoms with E-state index >= 15 is 0 Å². The van der Waals surface area contributed by atoms with Crippen molar-refractivity contribution >= 4 is 33.4 Å². The van der Waals surface area contributed by atoms with E-state index in [2.05, 4.69) is 4.98 Å². The molecule has 0 fully saturated rings. The Bertz CT molecular complexity index is 1420. The lowest BCUT2D eigenvalue weighted by atomic mass is 10.1. The molecule has 0 aliphatic rings. The van der Waals surface area contributed by atoms with Crippen molar-refractivity contribution in [1.29, 1.82) is 0 Å². The first-order chi connectivity index (χ1) is 14.1. The molecule has 5 nitrogen and oxygen atoms in total. The molecule has 1 N–H and O–H groups in total. The molecule has 0 aliphatic carbocycles. The van der Waals surface area contributed by atoms with Gasteiger partial charge in [0.15, 0.2) is 5.82 Å². The van der Waals surface area contributed by atoms with Crippen molar-refractivity contribution in [1.82, 2.24) is 19.7 Å². The highest BCUT2D eigenvalue weighted by molar-refractivity contribution is 6.35. The van der Waals surface area contributed by atoms with E-state index in [0.717, 1.165) is 22.0 Å². The standard InChI is InChI=1S/C23H17ClN4O/c1-14-7-5-11-17-19(14)25-22(26-23(17)29)20-16-10-6-12-18(24)21(16)28(27-20)13-15-8-3-2-4-9-15/h2-12H,13H2,1H3,(H,25,26,29). The largest absolute Gasteiger partial charge is 0.305 e. The highest BCUT2D eigenvalue weighted by Gasteiger charge is 2.18. The molecular weight excluding hydrogens is 384 g/mol. The van der Waals surface area contributed by atoms with Crippen LogP contribution in [0.3, 0.4) is 0 Å². The zero-order valence-electron chi connectivity index (χ0n) is 15.7. The Morgan fingerprint density at radius 1 is 0.966 bits per heavy atom. The Hall–Kier alpha value is -3.44. The molecular formula is C23H17ClN4O. The average Bonchev–Trinajstić information content (AvgIpc) is 3.09. The number of hydrogen-bond acceptors (Lipinski definition) is 3. The number of benzene rings is 3. The summed E-state index contributed by atoms with van der Waals surface area (Å²) in [6.07, 6.45) is 0. The Morgan fingerprint density at radius 3 is 2.55 bits per heavy atom. The molecule has 142 valence electrons. The van der Waals surface area contributed by atoms with Crippen LogP contribution < -0.4 is 5.56 Å². The lowest BCUT2D eigenvalue weighted by Gasteiger charge is -2.04. The minimum atomic E-state index is -0.179. The van der Waals surface area contributed by atoms with Gasteiger partial charge in [-0.05, 0) is 30.2 Å². The number of H-pyrrole nitrogens is 1. The van der Waals surface area contributed by atoms with Gasteiger partial charge >= 0.3 is 0 Å². The molecule has 0 bridgehead atoms. The number of fused-ring (bicyclic) bond motifs is 2. The molecule has 6 heteroatoms. The van der Waals surface area contributed by atoms with Crippen LogP contribution >= 0.6 is 11.6 Å². The third kappa shape index (κ3) is 3.00. The normalized spacial score (nSPS) is 11.4. The molecule has 0 radical (unpaired) electrons. The molecule has 2 heterocycles. The first kappa shape index (κ1) is 17.6. The molecule has 0 unspecified atom stereocenters. The van der Waals surface area contributed by atoms with Crippen LogP contribution in [0.2, 0.25) is 5.02 Å². The molecule has 29 heavy (non-hydrogen) atoms. The number of halogens is 1. The summed E-state index contributed by atoms with van der Waals surface area (Å²) in [4.78, 5) is 20.3. The molecule has 5 aromatic rings. The number of rotatable bonds is 3. The summed E-state index contributed by atoms with van der Waals surface area (Å²) in [5.74, 6) is 0.441. The summed E-state index contributed by atoms with van der Waals surface area (Å²) in [6, 6.07) is 21.3. The van der Waals surface area contributed by atoms with Gasteiger partial charge in [-0.15, -0.1) is 0 Å². The highest BCUT2D eigenvalue weighted by Crippen LogP contribution is 2.31. The quantitative estimate of drug-likeness (QED) is 0.466. The van der Waals surface area contributed by atoms with Gasteiger partial charge in [0.1, 0.15) is 5.69 Å². The summed E-state index contributed by atoms with van der Waals surface area (Å²) in [6.45, 7) is 2.51. The second kappa shape index (κ2) is 6.87.